The molecule has 2 heteroatoms. The fourth-order valence-electron chi connectivity index (χ4n) is 7.45. The number of nitrogen functional groups attached to an aromatic ring is 2. The predicted molar refractivity (Wildman–Crippen MR) is 207 cm³/mol. The van der Waals surface area contributed by atoms with Crippen LogP contribution < -0.4 is 11.5 Å². The highest BCUT2D eigenvalue weighted by Crippen LogP contribution is 2.24. The summed E-state index contributed by atoms with van der Waals surface area (Å²) in [7, 11) is 0. The Morgan fingerprint density at radius 1 is 0.340 bits per heavy atom. The van der Waals surface area contributed by atoms with E-state index in [1.165, 1.54) is 141 Å². The maximum Gasteiger partial charge on any atom is 0.0314 e. The number of anilines is 2. The summed E-state index contributed by atoms with van der Waals surface area (Å²) in [5.74, 6) is 0. The molecule has 0 fully saturated rings. The number of rotatable bonds is 20. The Labute approximate surface area is 287 Å². The standard InChI is InChI=1S/C45H62N2/c1-34-28-40(32-38-20-24-42(46)25-21-38)29-35(2)44(34)18-16-14-12-10-8-6-5-7-9-11-13-15-17-19-45-36(3)30-41(31-37(45)4)33-39-22-26-43(47)27-23-39/h20-31H,5-19,32-33,46-47H2,1-4H3. The van der Waals surface area contributed by atoms with E-state index in [4.69, 9.17) is 11.5 Å². The second-order valence-corrected chi connectivity index (χ2v) is 14.3. The molecular weight excluding hydrogens is 569 g/mol. The molecule has 0 aliphatic rings. The Balaban J connectivity index is 0.984. The van der Waals surface area contributed by atoms with E-state index in [-0.39, 0.29) is 0 Å². The van der Waals surface area contributed by atoms with Gasteiger partial charge in [-0.2, -0.15) is 0 Å². The lowest BCUT2D eigenvalue weighted by Gasteiger charge is -2.13. The average Bonchev–Trinajstić information content (AvgIpc) is 3.03. The van der Waals surface area contributed by atoms with E-state index < -0.39 is 0 Å². The van der Waals surface area contributed by atoms with Crippen LogP contribution in [-0.2, 0) is 25.7 Å². The van der Waals surface area contributed by atoms with Crippen LogP contribution in [0.15, 0.2) is 72.8 Å². The fraction of sp³-hybridized carbons (Fsp3) is 0.467. The van der Waals surface area contributed by atoms with E-state index in [1.54, 1.807) is 11.1 Å². The quantitative estimate of drug-likeness (QED) is 0.0754. The van der Waals surface area contributed by atoms with Crippen LogP contribution in [-0.4, -0.2) is 0 Å². The molecular formula is C45H62N2. The highest BCUT2D eigenvalue weighted by Gasteiger charge is 2.08. The fourth-order valence-corrected chi connectivity index (χ4v) is 7.45. The van der Waals surface area contributed by atoms with Crippen molar-refractivity contribution in [2.75, 3.05) is 11.5 Å². The van der Waals surface area contributed by atoms with Gasteiger partial charge in [0.15, 0.2) is 0 Å². The van der Waals surface area contributed by atoms with Crippen molar-refractivity contribution in [3.63, 3.8) is 0 Å². The summed E-state index contributed by atoms with van der Waals surface area (Å²) in [4.78, 5) is 0. The summed E-state index contributed by atoms with van der Waals surface area (Å²) in [6.07, 6.45) is 22.4. The zero-order valence-corrected chi connectivity index (χ0v) is 30.1. The van der Waals surface area contributed by atoms with Gasteiger partial charge < -0.3 is 11.5 Å². The molecule has 0 aliphatic carbocycles. The Bertz CT molecular complexity index is 1340. The molecule has 0 amide bonds. The van der Waals surface area contributed by atoms with E-state index in [0.29, 0.717) is 0 Å². The van der Waals surface area contributed by atoms with Crippen LogP contribution in [0.25, 0.3) is 0 Å². The van der Waals surface area contributed by atoms with Gasteiger partial charge in [0.2, 0.25) is 0 Å². The Morgan fingerprint density at radius 3 is 0.872 bits per heavy atom. The van der Waals surface area contributed by atoms with Gasteiger partial charge in [0.05, 0.1) is 0 Å². The summed E-state index contributed by atoms with van der Waals surface area (Å²) < 4.78 is 0. The minimum atomic E-state index is 0.833. The molecule has 252 valence electrons. The van der Waals surface area contributed by atoms with Gasteiger partial charge in [-0.05, 0) is 146 Å². The van der Waals surface area contributed by atoms with Crippen molar-refractivity contribution in [1.29, 1.82) is 0 Å². The summed E-state index contributed by atoms with van der Waals surface area (Å²) in [6.45, 7) is 9.17. The Kier molecular flexibility index (Phi) is 14.9. The highest BCUT2D eigenvalue weighted by atomic mass is 14.5. The molecule has 4 N–H and O–H groups in total. The first-order chi connectivity index (χ1) is 22.8. The number of benzene rings is 4. The van der Waals surface area contributed by atoms with E-state index in [1.807, 2.05) is 24.3 Å². The van der Waals surface area contributed by atoms with Crippen LogP contribution in [0.1, 0.15) is 139 Å². The molecule has 0 heterocycles. The monoisotopic (exact) mass is 630 g/mol. The predicted octanol–water partition coefficient (Wildman–Crippen LogP) is 12.1. The van der Waals surface area contributed by atoms with Gasteiger partial charge in [0.1, 0.15) is 0 Å². The van der Waals surface area contributed by atoms with Gasteiger partial charge in [-0.25, -0.2) is 0 Å². The number of nitrogens with two attached hydrogens (primary N) is 2. The van der Waals surface area contributed by atoms with Crippen LogP contribution in [0.4, 0.5) is 11.4 Å². The minimum absolute atomic E-state index is 0.833. The zero-order chi connectivity index (χ0) is 33.4. The minimum Gasteiger partial charge on any atom is -0.399 e. The van der Waals surface area contributed by atoms with E-state index in [2.05, 4.69) is 76.2 Å². The third kappa shape index (κ3) is 12.5. The molecule has 0 saturated heterocycles. The lowest BCUT2D eigenvalue weighted by molar-refractivity contribution is 0.536. The second-order valence-electron chi connectivity index (χ2n) is 14.3. The van der Waals surface area contributed by atoms with Gasteiger partial charge in [-0.1, -0.05) is 119 Å². The van der Waals surface area contributed by atoms with Crippen molar-refractivity contribution in [1.82, 2.24) is 0 Å². The van der Waals surface area contributed by atoms with Gasteiger partial charge in [-0.3, -0.25) is 0 Å². The van der Waals surface area contributed by atoms with Crippen molar-refractivity contribution in [3.05, 3.63) is 128 Å². The summed E-state index contributed by atoms with van der Waals surface area (Å²) in [5.41, 5.74) is 27.8. The van der Waals surface area contributed by atoms with Crippen molar-refractivity contribution >= 4 is 11.4 Å². The first-order valence-corrected chi connectivity index (χ1v) is 18.7. The lowest BCUT2D eigenvalue weighted by atomic mass is 9.92. The van der Waals surface area contributed by atoms with E-state index in [0.717, 1.165) is 24.2 Å². The average molecular weight is 631 g/mol. The molecule has 0 radical (unpaired) electrons. The molecule has 0 spiro atoms. The molecule has 0 saturated carbocycles. The highest BCUT2D eigenvalue weighted by molar-refractivity contribution is 5.44. The lowest BCUT2D eigenvalue weighted by Crippen LogP contribution is -1.98. The molecule has 0 atom stereocenters. The Morgan fingerprint density at radius 2 is 0.596 bits per heavy atom. The van der Waals surface area contributed by atoms with Gasteiger partial charge in [0, 0.05) is 11.4 Å². The molecule has 4 rings (SSSR count). The largest absolute Gasteiger partial charge is 0.399 e. The van der Waals surface area contributed by atoms with Gasteiger partial charge in [-0.15, -0.1) is 0 Å². The topological polar surface area (TPSA) is 52.0 Å². The summed E-state index contributed by atoms with van der Waals surface area (Å²) >= 11 is 0. The van der Waals surface area contributed by atoms with Gasteiger partial charge >= 0.3 is 0 Å². The maximum atomic E-state index is 5.85. The maximum absolute atomic E-state index is 5.85. The van der Waals surface area contributed by atoms with E-state index in [9.17, 15) is 0 Å². The molecule has 0 aromatic heterocycles. The third-order valence-corrected chi connectivity index (χ3v) is 10.1. The zero-order valence-electron chi connectivity index (χ0n) is 30.1. The number of unbranched alkanes of at least 4 members (excludes halogenated alkanes) is 12. The van der Waals surface area contributed by atoms with Crippen molar-refractivity contribution < 1.29 is 0 Å². The van der Waals surface area contributed by atoms with Crippen LogP contribution in [0.2, 0.25) is 0 Å². The molecule has 0 aliphatic heterocycles. The van der Waals surface area contributed by atoms with Gasteiger partial charge in [0.25, 0.3) is 0 Å². The van der Waals surface area contributed by atoms with E-state index >= 15 is 0 Å². The van der Waals surface area contributed by atoms with Crippen LogP contribution in [0.3, 0.4) is 0 Å². The van der Waals surface area contributed by atoms with Crippen molar-refractivity contribution in [3.8, 4) is 0 Å². The summed E-state index contributed by atoms with van der Waals surface area (Å²) in [6, 6.07) is 26.2. The van der Waals surface area contributed by atoms with Crippen LogP contribution in [0, 0.1) is 27.7 Å². The van der Waals surface area contributed by atoms with Crippen molar-refractivity contribution in [2.45, 2.75) is 137 Å². The summed E-state index contributed by atoms with van der Waals surface area (Å²) in [5, 5.41) is 0. The normalized spacial score (nSPS) is 11.3. The molecule has 0 unspecified atom stereocenters. The number of hydrogen-bond acceptors (Lipinski definition) is 2. The molecule has 2 nitrogen and oxygen atoms in total. The number of hydrogen-bond donors (Lipinski definition) is 2. The molecule has 4 aromatic carbocycles. The van der Waals surface area contributed by atoms with Crippen molar-refractivity contribution in [2.24, 2.45) is 0 Å². The third-order valence-electron chi connectivity index (χ3n) is 10.1. The molecule has 0 bridgehead atoms. The van der Waals surface area contributed by atoms with Crippen LogP contribution in [0.5, 0.6) is 0 Å². The number of aryl methyl sites for hydroxylation is 4. The smallest absolute Gasteiger partial charge is 0.0314 e. The molecule has 47 heavy (non-hydrogen) atoms. The first-order valence-electron chi connectivity index (χ1n) is 18.7. The Hall–Kier alpha value is -3.52. The first kappa shape index (κ1) is 36.3. The second kappa shape index (κ2) is 19.3. The molecule has 4 aromatic rings. The SMILES string of the molecule is Cc1cc(Cc2ccc(N)cc2)cc(C)c1CCCCCCCCCCCCCCCc1c(C)cc(Cc2ccc(N)cc2)cc1C. The van der Waals surface area contributed by atoms with Crippen LogP contribution >= 0.6 is 0 Å².